The minimum atomic E-state index is 0.725. The molecule has 1 aromatic carbocycles. The van der Waals surface area contributed by atoms with Crippen LogP contribution in [0, 0.1) is 6.92 Å². The van der Waals surface area contributed by atoms with Gasteiger partial charge >= 0.3 is 0 Å². The number of aromatic nitrogens is 2. The van der Waals surface area contributed by atoms with Crippen LogP contribution in [0.4, 0.5) is 0 Å². The third-order valence-corrected chi connectivity index (χ3v) is 2.48. The molecule has 17 heavy (non-hydrogen) atoms. The molecule has 0 amide bonds. The number of ether oxygens (including phenoxy) is 2. The second-order valence-corrected chi connectivity index (χ2v) is 3.60. The second kappa shape index (κ2) is 4.82. The summed E-state index contributed by atoms with van der Waals surface area (Å²) >= 11 is 0. The van der Waals surface area contributed by atoms with E-state index < -0.39 is 0 Å². The Kier molecular flexibility index (Phi) is 3.23. The van der Waals surface area contributed by atoms with E-state index in [1.165, 1.54) is 0 Å². The molecule has 0 bridgehead atoms. The van der Waals surface area contributed by atoms with Gasteiger partial charge in [-0.3, -0.25) is 0 Å². The molecule has 0 unspecified atom stereocenters. The molecular formula is C13H14N2O2. The molecule has 0 aliphatic rings. The molecule has 88 valence electrons. The van der Waals surface area contributed by atoms with Crippen LogP contribution in [0.25, 0.3) is 11.3 Å². The summed E-state index contributed by atoms with van der Waals surface area (Å²) in [6.45, 7) is 1.90. The number of hydrogen-bond acceptors (Lipinski definition) is 4. The van der Waals surface area contributed by atoms with Crippen molar-refractivity contribution in [3.05, 3.63) is 36.0 Å². The maximum Gasteiger partial charge on any atom is 0.132 e. The van der Waals surface area contributed by atoms with Crippen molar-refractivity contribution < 1.29 is 9.47 Å². The summed E-state index contributed by atoms with van der Waals surface area (Å²) in [6.07, 6.45) is 0. The maximum atomic E-state index is 5.32. The number of hydrogen-bond donors (Lipinski definition) is 0. The average molecular weight is 230 g/mol. The predicted octanol–water partition coefficient (Wildman–Crippen LogP) is 2.47. The molecule has 0 aliphatic carbocycles. The highest BCUT2D eigenvalue weighted by Crippen LogP contribution is 2.36. The third-order valence-electron chi connectivity index (χ3n) is 2.48. The van der Waals surface area contributed by atoms with Crippen LogP contribution in [0.1, 0.15) is 5.69 Å². The number of methoxy groups -OCH3 is 2. The molecule has 0 aliphatic heterocycles. The Morgan fingerprint density at radius 3 is 2.00 bits per heavy atom. The lowest BCUT2D eigenvalue weighted by Gasteiger charge is -2.11. The maximum absolute atomic E-state index is 5.32. The van der Waals surface area contributed by atoms with E-state index in [1.54, 1.807) is 14.2 Å². The summed E-state index contributed by atoms with van der Waals surface area (Å²) in [5, 5.41) is 8.20. The van der Waals surface area contributed by atoms with Gasteiger partial charge in [0.2, 0.25) is 0 Å². The Bertz CT molecular complexity index is 487. The summed E-state index contributed by atoms with van der Waals surface area (Å²) < 4.78 is 10.6. The van der Waals surface area contributed by atoms with Gasteiger partial charge in [-0.2, -0.15) is 5.10 Å². The van der Waals surface area contributed by atoms with Gasteiger partial charge in [0, 0.05) is 0 Å². The first-order valence-electron chi connectivity index (χ1n) is 5.28. The van der Waals surface area contributed by atoms with Crippen LogP contribution >= 0.6 is 0 Å². The molecule has 1 aromatic heterocycles. The highest BCUT2D eigenvalue weighted by Gasteiger charge is 2.13. The predicted molar refractivity (Wildman–Crippen MR) is 65.3 cm³/mol. The first-order chi connectivity index (χ1) is 8.26. The van der Waals surface area contributed by atoms with Crippen molar-refractivity contribution in [3.63, 3.8) is 0 Å². The van der Waals surface area contributed by atoms with Crippen molar-refractivity contribution in [2.24, 2.45) is 0 Å². The highest BCUT2D eigenvalue weighted by molar-refractivity contribution is 5.73. The fourth-order valence-corrected chi connectivity index (χ4v) is 1.64. The van der Waals surface area contributed by atoms with E-state index in [-0.39, 0.29) is 0 Å². The zero-order chi connectivity index (χ0) is 12.3. The lowest BCUT2D eigenvalue weighted by molar-refractivity contribution is 0.397. The van der Waals surface area contributed by atoms with Crippen molar-refractivity contribution >= 4 is 0 Å². The van der Waals surface area contributed by atoms with E-state index in [0.29, 0.717) is 0 Å². The Hall–Kier alpha value is -2.10. The first kappa shape index (κ1) is 11.4. The van der Waals surface area contributed by atoms with Crippen molar-refractivity contribution in [1.82, 2.24) is 10.2 Å². The zero-order valence-corrected chi connectivity index (χ0v) is 10.1. The van der Waals surface area contributed by atoms with E-state index in [2.05, 4.69) is 10.2 Å². The molecule has 0 atom stereocenters. The van der Waals surface area contributed by atoms with E-state index in [9.17, 15) is 0 Å². The Morgan fingerprint density at radius 2 is 1.53 bits per heavy atom. The SMILES string of the molecule is COc1cccc(OC)c1-c1ccc(C)nn1. The summed E-state index contributed by atoms with van der Waals surface area (Å²) in [5.41, 5.74) is 2.44. The molecule has 0 saturated carbocycles. The van der Waals surface area contributed by atoms with E-state index in [0.717, 1.165) is 28.5 Å². The van der Waals surface area contributed by atoms with Crippen LogP contribution in [-0.2, 0) is 0 Å². The summed E-state index contributed by atoms with van der Waals surface area (Å²) in [7, 11) is 3.25. The number of nitrogens with zero attached hydrogens (tertiary/aromatic N) is 2. The Labute approximate surface area is 100 Å². The van der Waals surface area contributed by atoms with Gasteiger partial charge in [-0.15, -0.1) is 5.10 Å². The van der Waals surface area contributed by atoms with Crippen LogP contribution in [0.3, 0.4) is 0 Å². The van der Waals surface area contributed by atoms with Gasteiger partial charge in [0.15, 0.2) is 0 Å². The summed E-state index contributed by atoms with van der Waals surface area (Å²) in [4.78, 5) is 0. The van der Waals surface area contributed by atoms with Crippen LogP contribution in [0.15, 0.2) is 30.3 Å². The van der Waals surface area contributed by atoms with Crippen molar-refractivity contribution in [3.8, 4) is 22.8 Å². The lowest BCUT2D eigenvalue weighted by atomic mass is 10.1. The van der Waals surface area contributed by atoms with E-state index in [4.69, 9.17) is 9.47 Å². The average Bonchev–Trinajstić information content (AvgIpc) is 2.38. The quantitative estimate of drug-likeness (QED) is 0.812. The molecule has 4 nitrogen and oxygen atoms in total. The van der Waals surface area contributed by atoms with Gasteiger partial charge in [-0.25, -0.2) is 0 Å². The molecular weight excluding hydrogens is 216 g/mol. The van der Waals surface area contributed by atoms with Gasteiger partial charge in [-0.05, 0) is 31.2 Å². The Balaban J connectivity index is 2.59. The molecule has 0 fully saturated rings. The number of aryl methyl sites for hydroxylation is 1. The molecule has 4 heteroatoms. The van der Waals surface area contributed by atoms with E-state index in [1.807, 2.05) is 37.3 Å². The van der Waals surface area contributed by atoms with Crippen molar-refractivity contribution in [1.29, 1.82) is 0 Å². The molecule has 2 aromatic rings. The topological polar surface area (TPSA) is 44.2 Å². The summed E-state index contributed by atoms with van der Waals surface area (Å²) in [5.74, 6) is 1.45. The molecule has 1 heterocycles. The number of rotatable bonds is 3. The van der Waals surface area contributed by atoms with Gasteiger partial charge < -0.3 is 9.47 Å². The standard InChI is InChI=1S/C13H14N2O2/c1-9-7-8-10(15-14-9)13-11(16-2)5-4-6-12(13)17-3/h4-8H,1-3H3. The largest absolute Gasteiger partial charge is 0.496 e. The van der Waals surface area contributed by atoms with Gasteiger partial charge in [0.05, 0.1) is 25.5 Å². The number of benzene rings is 1. The normalized spacial score (nSPS) is 10.1. The summed E-state index contributed by atoms with van der Waals surface area (Å²) in [6, 6.07) is 9.44. The van der Waals surface area contributed by atoms with E-state index >= 15 is 0 Å². The van der Waals surface area contributed by atoms with Crippen LogP contribution in [0.5, 0.6) is 11.5 Å². The smallest absolute Gasteiger partial charge is 0.132 e. The fourth-order valence-electron chi connectivity index (χ4n) is 1.64. The molecule has 0 N–H and O–H groups in total. The van der Waals surface area contributed by atoms with Gasteiger partial charge in [-0.1, -0.05) is 6.07 Å². The molecule has 0 spiro atoms. The third kappa shape index (κ3) is 2.20. The van der Waals surface area contributed by atoms with Crippen LogP contribution < -0.4 is 9.47 Å². The van der Waals surface area contributed by atoms with Gasteiger partial charge in [0.1, 0.15) is 17.2 Å². The fraction of sp³-hybridized carbons (Fsp3) is 0.231. The molecule has 0 radical (unpaired) electrons. The Morgan fingerprint density at radius 1 is 0.882 bits per heavy atom. The minimum Gasteiger partial charge on any atom is -0.496 e. The molecule has 0 saturated heterocycles. The second-order valence-electron chi connectivity index (χ2n) is 3.60. The van der Waals surface area contributed by atoms with Crippen LogP contribution in [-0.4, -0.2) is 24.4 Å². The van der Waals surface area contributed by atoms with Crippen LogP contribution in [0.2, 0.25) is 0 Å². The van der Waals surface area contributed by atoms with Crippen molar-refractivity contribution in [2.75, 3.05) is 14.2 Å². The minimum absolute atomic E-state index is 0.725. The van der Waals surface area contributed by atoms with Gasteiger partial charge in [0.25, 0.3) is 0 Å². The van der Waals surface area contributed by atoms with Crippen molar-refractivity contribution in [2.45, 2.75) is 6.92 Å². The monoisotopic (exact) mass is 230 g/mol. The lowest BCUT2D eigenvalue weighted by Crippen LogP contribution is -1.96. The highest BCUT2D eigenvalue weighted by atomic mass is 16.5. The molecule has 2 rings (SSSR count). The zero-order valence-electron chi connectivity index (χ0n) is 10.1. The first-order valence-corrected chi connectivity index (χ1v) is 5.28.